The van der Waals surface area contributed by atoms with Gasteiger partial charge in [0.25, 0.3) is 0 Å². The number of likely N-dealkylation sites (tertiary alicyclic amines) is 1. The number of rotatable bonds is 3. The van der Waals surface area contributed by atoms with Crippen LogP contribution in [0.2, 0.25) is 0 Å². The molecule has 1 aromatic heterocycles. The summed E-state index contributed by atoms with van der Waals surface area (Å²) in [5.74, 6) is -0.851. The van der Waals surface area contributed by atoms with Gasteiger partial charge in [0.2, 0.25) is 5.91 Å². The van der Waals surface area contributed by atoms with Crippen LogP contribution in [0.1, 0.15) is 30.3 Å². The molecule has 1 fully saturated rings. The van der Waals surface area contributed by atoms with E-state index < -0.39 is 11.4 Å². The molecule has 6 heteroatoms. The van der Waals surface area contributed by atoms with Crippen molar-refractivity contribution in [3.8, 4) is 0 Å². The van der Waals surface area contributed by atoms with Crippen molar-refractivity contribution in [1.29, 1.82) is 0 Å². The summed E-state index contributed by atoms with van der Waals surface area (Å²) in [5.41, 5.74) is 1.98. The molecule has 0 radical (unpaired) electrons. The van der Waals surface area contributed by atoms with Gasteiger partial charge in [0.1, 0.15) is 0 Å². The van der Waals surface area contributed by atoms with E-state index >= 15 is 0 Å². The molecule has 0 saturated carbocycles. The van der Waals surface area contributed by atoms with Crippen molar-refractivity contribution >= 4 is 11.9 Å². The zero-order valence-corrected chi connectivity index (χ0v) is 12.4. The monoisotopic (exact) mass is 279 g/mol. The number of aromatic nitrogens is 2. The summed E-state index contributed by atoms with van der Waals surface area (Å²) in [6.45, 7) is 6.33. The van der Waals surface area contributed by atoms with Crippen molar-refractivity contribution in [2.75, 3.05) is 13.1 Å². The average molecular weight is 279 g/mol. The van der Waals surface area contributed by atoms with Gasteiger partial charge in [0.05, 0.1) is 17.5 Å². The molecule has 2 heterocycles. The van der Waals surface area contributed by atoms with Crippen LogP contribution in [0.25, 0.3) is 0 Å². The van der Waals surface area contributed by atoms with Gasteiger partial charge in [-0.3, -0.25) is 14.3 Å². The van der Waals surface area contributed by atoms with Gasteiger partial charge in [-0.2, -0.15) is 5.10 Å². The molecule has 0 aliphatic carbocycles. The first-order valence-electron chi connectivity index (χ1n) is 6.75. The highest BCUT2D eigenvalue weighted by atomic mass is 16.4. The van der Waals surface area contributed by atoms with Crippen molar-refractivity contribution in [2.24, 2.45) is 12.5 Å². The molecule has 0 unspecified atom stereocenters. The summed E-state index contributed by atoms with van der Waals surface area (Å²) >= 11 is 0. The van der Waals surface area contributed by atoms with Crippen LogP contribution in [-0.2, 0) is 23.1 Å². The number of hydrogen-bond acceptors (Lipinski definition) is 3. The highest BCUT2D eigenvalue weighted by Gasteiger charge is 2.42. The van der Waals surface area contributed by atoms with E-state index in [0.29, 0.717) is 25.9 Å². The van der Waals surface area contributed by atoms with E-state index in [1.165, 1.54) is 0 Å². The minimum atomic E-state index is -0.832. The molecule has 20 heavy (non-hydrogen) atoms. The fraction of sp³-hybridized carbons (Fsp3) is 0.643. The molecule has 1 atom stereocenters. The highest BCUT2D eigenvalue weighted by molar-refractivity contribution is 5.82. The van der Waals surface area contributed by atoms with Crippen LogP contribution in [0.15, 0.2) is 0 Å². The largest absolute Gasteiger partial charge is 0.481 e. The van der Waals surface area contributed by atoms with Crippen molar-refractivity contribution in [3.05, 3.63) is 17.0 Å². The number of carbonyl (C=O) groups is 2. The van der Waals surface area contributed by atoms with Crippen molar-refractivity contribution in [1.82, 2.24) is 14.7 Å². The zero-order chi connectivity index (χ0) is 15.1. The maximum atomic E-state index is 12.3. The summed E-state index contributed by atoms with van der Waals surface area (Å²) in [5, 5.41) is 13.5. The zero-order valence-electron chi connectivity index (χ0n) is 12.4. The summed E-state index contributed by atoms with van der Waals surface area (Å²) < 4.78 is 1.77. The van der Waals surface area contributed by atoms with Crippen LogP contribution in [-0.4, -0.2) is 44.8 Å². The predicted molar refractivity (Wildman–Crippen MR) is 73.3 cm³/mol. The molecular weight excluding hydrogens is 258 g/mol. The van der Waals surface area contributed by atoms with E-state index in [1.54, 1.807) is 16.5 Å². The van der Waals surface area contributed by atoms with Crippen molar-refractivity contribution in [3.63, 3.8) is 0 Å². The average Bonchev–Trinajstić information content (AvgIpc) is 2.87. The molecule has 1 aromatic rings. The molecule has 0 aromatic carbocycles. The second-order valence-electron chi connectivity index (χ2n) is 5.88. The molecule has 0 bridgehead atoms. The minimum Gasteiger partial charge on any atom is -0.481 e. The third-order valence-corrected chi connectivity index (χ3v) is 4.33. The number of nitrogens with zero attached hydrogens (tertiary/aromatic N) is 3. The van der Waals surface area contributed by atoms with Crippen LogP contribution >= 0.6 is 0 Å². The summed E-state index contributed by atoms with van der Waals surface area (Å²) in [4.78, 5) is 25.2. The van der Waals surface area contributed by atoms with Gasteiger partial charge in [-0.15, -0.1) is 0 Å². The van der Waals surface area contributed by atoms with Crippen molar-refractivity contribution in [2.45, 2.75) is 33.6 Å². The molecule has 1 N–H and O–H groups in total. The van der Waals surface area contributed by atoms with Crippen LogP contribution in [0.4, 0.5) is 0 Å². The van der Waals surface area contributed by atoms with Gasteiger partial charge in [0, 0.05) is 31.4 Å². The fourth-order valence-electron chi connectivity index (χ4n) is 2.68. The van der Waals surface area contributed by atoms with Crippen LogP contribution < -0.4 is 0 Å². The molecule has 1 aliphatic rings. The lowest BCUT2D eigenvalue weighted by Crippen LogP contribution is -2.35. The third-order valence-electron chi connectivity index (χ3n) is 4.33. The summed E-state index contributed by atoms with van der Waals surface area (Å²) in [6.07, 6.45) is 0.806. The number of carboxylic acids is 1. The Kier molecular flexibility index (Phi) is 3.58. The topological polar surface area (TPSA) is 75.4 Å². The minimum absolute atomic E-state index is 0.0193. The van der Waals surface area contributed by atoms with E-state index in [-0.39, 0.29) is 5.91 Å². The Morgan fingerprint density at radius 2 is 2.05 bits per heavy atom. The van der Waals surface area contributed by atoms with Gasteiger partial charge in [0.15, 0.2) is 0 Å². The first kappa shape index (κ1) is 14.6. The maximum absolute atomic E-state index is 12.3. The second-order valence-corrected chi connectivity index (χ2v) is 5.88. The Bertz CT molecular complexity index is 564. The number of aryl methyl sites for hydroxylation is 2. The summed E-state index contributed by atoms with van der Waals surface area (Å²) in [6, 6.07) is 0. The van der Waals surface area contributed by atoms with Gasteiger partial charge in [-0.05, 0) is 27.2 Å². The SMILES string of the molecule is Cc1nn(C)c(C)c1CC(=O)N1CC[C@@](C)(C(=O)O)C1. The van der Waals surface area contributed by atoms with Gasteiger partial charge < -0.3 is 10.0 Å². The van der Waals surface area contributed by atoms with Crippen LogP contribution in [0.5, 0.6) is 0 Å². The van der Waals surface area contributed by atoms with E-state index in [2.05, 4.69) is 5.10 Å². The molecule has 1 aliphatic heterocycles. The Labute approximate surface area is 118 Å². The Morgan fingerprint density at radius 1 is 1.40 bits per heavy atom. The lowest BCUT2D eigenvalue weighted by molar-refractivity contribution is -0.147. The number of amides is 1. The third kappa shape index (κ3) is 2.42. The normalized spacial score (nSPS) is 22.3. The lowest BCUT2D eigenvalue weighted by atomic mass is 9.90. The van der Waals surface area contributed by atoms with Gasteiger partial charge in [-0.1, -0.05) is 0 Å². The number of carbonyl (C=O) groups excluding carboxylic acids is 1. The molecule has 1 saturated heterocycles. The van der Waals surface area contributed by atoms with E-state index in [9.17, 15) is 14.7 Å². The molecule has 110 valence electrons. The van der Waals surface area contributed by atoms with E-state index in [4.69, 9.17) is 0 Å². The smallest absolute Gasteiger partial charge is 0.311 e. The predicted octanol–water partition coefficient (Wildman–Crippen LogP) is 0.903. The molecule has 1 amide bonds. The maximum Gasteiger partial charge on any atom is 0.311 e. The Morgan fingerprint density at radius 3 is 2.50 bits per heavy atom. The molecule has 2 rings (SSSR count). The number of carboxylic acid groups (broad SMARTS) is 1. The molecule has 6 nitrogen and oxygen atoms in total. The standard InChI is InChI=1S/C14H21N3O3/c1-9-11(10(2)16(4)15-9)7-12(18)17-6-5-14(3,8-17)13(19)20/h5-8H2,1-4H3,(H,19,20)/t14-/m1/s1. The van der Waals surface area contributed by atoms with Crippen LogP contribution in [0, 0.1) is 19.3 Å². The summed E-state index contributed by atoms with van der Waals surface area (Å²) in [7, 11) is 1.85. The van der Waals surface area contributed by atoms with Crippen molar-refractivity contribution < 1.29 is 14.7 Å². The molecular formula is C14H21N3O3. The Hall–Kier alpha value is -1.85. The Balaban J connectivity index is 2.09. The first-order chi connectivity index (χ1) is 9.24. The number of hydrogen-bond donors (Lipinski definition) is 1. The fourth-order valence-corrected chi connectivity index (χ4v) is 2.68. The lowest BCUT2D eigenvalue weighted by Gasteiger charge is -2.20. The second kappa shape index (κ2) is 4.92. The highest BCUT2D eigenvalue weighted by Crippen LogP contribution is 2.30. The van der Waals surface area contributed by atoms with E-state index in [0.717, 1.165) is 17.0 Å². The first-order valence-corrected chi connectivity index (χ1v) is 6.75. The quantitative estimate of drug-likeness (QED) is 0.892. The van der Waals surface area contributed by atoms with E-state index in [1.807, 2.05) is 20.9 Å². The van der Waals surface area contributed by atoms with Crippen LogP contribution in [0.3, 0.4) is 0 Å². The van der Waals surface area contributed by atoms with Gasteiger partial charge >= 0.3 is 5.97 Å². The number of aliphatic carboxylic acids is 1. The molecule has 0 spiro atoms. The van der Waals surface area contributed by atoms with Gasteiger partial charge in [-0.25, -0.2) is 0 Å².